The number of nitrogens with one attached hydrogen (secondary N) is 2. The van der Waals surface area contributed by atoms with Gasteiger partial charge in [-0.05, 0) is 42.1 Å². The van der Waals surface area contributed by atoms with Crippen LogP contribution in [-0.4, -0.2) is 23.2 Å². The number of fused-ring (bicyclic) bond motifs is 1. The number of ether oxygens (including phenoxy) is 1. The summed E-state index contributed by atoms with van der Waals surface area (Å²) in [6.45, 7) is 1.83. The van der Waals surface area contributed by atoms with Crippen LogP contribution in [0.25, 0.3) is 10.9 Å². The summed E-state index contributed by atoms with van der Waals surface area (Å²) in [5, 5.41) is 14.2. The van der Waals surface area contributed by atoms with Gasteiger partial charge in [0.05, 0.1) is 18.2 Å². The molecular weight excluding hydrogens is 320 g/mol. The molecule has 0 aliphatic heterocycles. The predicted octanol–water partition coefficient (Wildman–Crippen LogP) is 2.73. The van der Waals surface area contributed by atoms with E-state index in [0.717, 1.165) is 10.9 Å². The van der Waals surface area contributed by atoms with Crippen molar-refractivity contribution >= 4 is 22.6 Å². The molecule has 1 heterocycles. The van der Waals surface area contributed by atoms with Crippen molar-refractivity contribution < 1.29 is 14.6 Å². The van der Waals surface area contributed by atoms with Crippen molar-refractivity contribution in [2.75, 3.05) is 12.4 Å². The minimum Gasteiger partial charge on any atom is -0.465 e. The Hall–Kier alpha value is -3.12. The number of carbonyl (C=O) groups excluding carboxylic acids is 1. The Kier molecular flexibility index (Phi) is 4.54. The van der Waals surface area contributed by atoms with Crippen molar-refractivity contribution in [1.82, 2.24) is 4.98 Å². The zero-order valence-corrected chi connectivity index (χ0v) is 13.9. The van der Waals surface area contributed by atoms with Gasteiger partial charge in [-0.2, -0.15) is 0 Å². The summed E-state index contributed by atoms with van der Waals surface area (Å²) < 4.78 is 4.70. The van der Waals surface area contributed by atoms with E-state index < -0.39 is 12.2 Å². The van der Waals surface area contributed by atoms with Gasteiger partial charge in [0.1, 0.15) is 0 Å². The molecule has 0 aliphatic rings. The lowest BCUT2D eigenvalue weighted by molar-refractivity contribution is 0.0600. The van der Waals surface area contributed by atoms with Gasteiger partial charge in [-0.25, -0.2) is 4.79 Å². The molecule has 1 atom stereocenters. The van der Waals surface area contributed by atoms with Crippen LogP contribution in [0.3, 0.4) is 0 Å². The van der Waals surface area contributed by atoms with Gasteiger partial charge in [0, 0.05) is 11.2 Å². The average Bonchev–Trinajstić information content (AvgIpc) is 2.62. The molecule has 0 spiro atoms. The van der Waals surface area contributed by atoms with Crippen molar-refractivity contribution in [2.24, 2.45) is 0 Å². The van der Waals surface area contributed by atoms with Gasteiger partial charge in [0.25, 0.3) is 5.56 Å². The van der Waals surface area contributed by atoms with Crippen molar-refractivity contribution in [2.45, 2.75) is 13.2 Å². The molecule has 3 N–H and O–H groups in total. The summed E-state index contributed by atoms with van der Waals surface area (Å²) in [7, 11) is 1.30. The van der Waals surface area contributed by atoms with E-state index in [4.69, 9.17) is 4.74 Å². The number of para-hydroxylation sites is 1. The highest BCUT2D eigenvalue weighted by Gasteiger charge is 2.15. The van der Waals surface area contributed by atoms with Gasteiger partial charge >= 0.3 is 5.97 Å². The molecule has 25 heavy (non-hydrogen) atoms. The Bertz CT molecular complexity index is 994. The molecule has 2 aromatic carbocycles. The molecule has 0 saturated carbocycles. The molecule has 0 amide bonds. The number of aryl methyl sites for hydroxylation is 1. The highest BCUT2D eigenvalue weighted by molar-refractivity contribution is 5.90. The van der Waals surface area contributed by atoms with Crippen LogP contribution in [0.5, 0.6) is 0 Å². The maximum Gasteiger partial charge on any atom is 0.337 e. The molecule has 0 aliphatic carbocycles. The van der Waals surface area contributed by atoms with Crippen LogP contribution in [0.15, 0.2) is 53.3 Å². The summed E-state index contributed by atoms with van der Waals surface area (Å²) in [6.07, 6.45) is -1.22. The standard InChI is InChI=1S/C19H18N2O4/c1-11-7-8-13(19(24)25-2)10-16(11)21-18(23)14-9-12-5-3-4-6-15(12)20-17(14)22/h3-10,18,21,23H,1-2H3,(H,20,22). The zero-order chi connectivity index (χ0) is 18.0. The van der Waals surface area contributed by atoms with Gasteiger partial charge < -0.3 is 20.1 Å². The molecule has 0 bridgehead atoms. The molecule has 6 nitrogen and oxygen atoms in total. The number of aromatic amines is 1. The van der Waals surface area contributed by atoms with Crippen molar-refractivity contribution in [1.29, 1.82) is 0 Å². The van der Waals surface area contributed by atoms with Crippen molar-refractivity contribution in [3.8, 4) is 0 Å². The number of esters is 1. The number of anilines is 1. The van der Waals surface area contributed by atoms with E-state index in [1.165, 1.54) is 7.11 Å². The molecule has 0 radical (unpaired) electrons. The van der Waals surface area contributed by atoms with Crippen molar-refractivity contribution in [3.05, 3.63) is 75.6 Å². The summed E-state index contributed by atoms with van der Waals surface area (Å²) >= 11 is 0. The van der Waals surface area contributed by atoms with Crippen LogP contribution < -0.4 is 10.9 Å². The SMILES string of the molecule is COC(=O)c1ccc(C)c(NC(O)c2cc3ccccc3[nH]c2=O)c1. The molecule has 1 unspecified atom stereocenters. The first-order chi connectivity index (χ1) is 12.0. The fraction of sp³-hybridized carbons (Fsp3) is 0.158. The normalized spacial score (nSPS) is 12.0. The first-order valence-electron chi connectivity index (χ1n) is 7.75. The highest BCUT2D eigenvalue weighted by Crippen LogP contribution is 2.22. The van der Waals surface area contributed by atoms with E-state index in [-0.39, 0.29) is 11.1 Å². The van der Waals surface area contributed by atoms with Crippen molar-refractivity contribution in [3.63, 3.8) is 0 Å². The van der Waals surface area contributed by atoms with E-state index in [1.807, 2.05) is 25.1 Å². The molecule has 3 rings (SSSR count). The fourth-order valence-electron chi connectivity index (χ4n) is 2.61. The second kappa shape index (κ2) is 6.78. The van der Waals surface area contributed by atoms with E-state index >= 15 is 0 Å². The van der Waals surface area contributed by atoms with E-state index in [1.54, 1.807) is 30.3 Å². The minimum atomic E-state index is -1.22. The first-order valence-corrected chi connectivity index (χ1v) is 7.75. The van der Waals surface area contributed by atoms with Crippen LogP contribution in [0, 0.1) is 6.92 Å². The van der Waals surface area contributed by atoms with Crippen LogP contribution in [0.4, 0.5) is 5.69 Å². The molecule has 6 heteroatoms. The number of hydrogen-bond donors (Lipinski definition) is 3. The van der Waals surface area contributed by atoms with E-state index in [2.05, 4.69) is 10.3 Å². The number of methoxy groups -OCH3 is 1. The third kappa shape index (κ3) is 3.39. The Morgan fingerprint density at radius 1 is 1.20 bits per heavy atom. The largest absolute Gasteiger partial charge is 0.465 e. The lowest BCUT2D eigenvalue weighted by Gasteiger charge is -2.17. The lowest BCUT2D eigenvalue weighted by Crippen LogP contribution is -2.21. The molecule has 0 saturated heterocycles. The smallest absolute Gasteiger partial charge is 0.337 e. The Morgan fingerprint density at radius 2 is 1.96 bits per heavy atom. The summed E-state index contributed by atoms with van der Waals surface area (Å²) in [6, 6.07) is 13.9. The number of aliphatic hydroxyl groups excluding tert-OH is 1. The topological polar surface area (TPSA) is 91.4 Å². The third-order valence-electron chi connectivity index (χ3n) is 4.03. The Labute approximate surface area is 144 Å². The van der Waals surface area contributed by atoms with Crippen LogP contribution >= 0.6 is 0 Å². The maximum absolute atomic E-state index is 12.2. The molecular formula is C19H18N2O4. The van der Waals surface area contributed by atoms with Gasteiger partial charge in [-0.1, -0.05) is 24.3 Å². The lowest BCUT2D eigenvalue weighted by atomic mass is 10.1. The number of aliphatic hydroxyl groups is 1. The van der Waals surface area contributed by atoms with Crippen LogP contribution in [0.1, 0.15) is 27.7 Å². The predicted molar refractivity (Wildman–Crippen MR) is 95.7 cm³/mol. The second-order valence-corrected chi connectivity index (χ2v) is 5.71. The minimum absolute atomic E-state index is 0.196. The van der Waals surface area contributed by atoms with Gasteiger partial charge in [0.2, 0.25) is 0 Å². The Morgan fingerprint density at radius 3 is 2.72 bits per heavy atom. The van der Waals surface area contributed by atoms with Crippen LogP contribution in [0.2, 0.25) is 0 Å². The van der Waals surface area contributed by atoms with E-state index in [0.29, 0.717) is 16.8 Å². The quantitative estimate of drug-likeness (QED) is 0.502. The number of hydrogen-bond acceptors (Lipinski definition) is 5. The number of pyridine rings is 1. The number of benzene rings is 2. The van der Waals surface area contributed by atoms with E-state index in [9.17, 15) is 14.7 Å². The number of H-pyrrole nitrogens is 1. The summed E-state index contributed by atoms with van der Waals surface area (Å²) in [4.78, 5) is 26.7. The van der Waals surface area contributed by atoms with Gasteiger partial charge in [-0.15, -0.1) is 0 Å². The number of aromatic nitrogens is 1. The highest BCUT2D eigenvalue weighted by atomic mass is 16.5. The average molecular weight is 338 g/mol. The fourth-order valence-corrected chi connectivity index (χ4v) is 2.61. The molecule has 128 valence electrons. The number of carbonyl (C=O) groups is 1. The second-order valence-electron chi connectivity index (χ2n) is 5.71. The Balaban J connectivity index is 1.95. The van der Waals surface area contributed by atoms with Gasteiger partial charge in [0.15, 0.2) is 6.23 Å². The maximum atomic E-state index is 12.2. The third-order valence-corrected chi connectivity index (χ3v) is 4.03. The van der Waals surface area contributed by atoms with Crippen LogP contribution in [-0.2, 0) is 4.74 Å². The molecule has 1 aromatic heterocycles. The first kappa shape index (κ1) is 16.7. The molecule has 0 fully saturated rings. The monoisotopic (exact) mass is 338 g/mol. The van der Waals surface area contributed by atoms with Gasteiger partial charge in [-0.3, -0.25) is 4.79 Å². The zero-order valence-electron chi connectivity index (χ0n) is 13.9. The summed E-state index contributed by atoms with van der Waals surface area (Å²) in [5.41, 5.74) is 2.25. The molecule has 3 aromatic rings. The number of rotatable bonds is 4. The summed E-state index contributed by atoms with van der Waals surface area (Å²) in [5.74, 6) is -0.471.